The Balaban J connectivity index is 2.24. The summed E-state index contributed by atoms with van der Waals surface area (Å²) in [5.41, 5.74) is 0.124. The number of rotatable bonds is 2. The summed E-state index contributed by atoms with van der Waals surface area (Å²) < 4.78 is 37.1. The molecule has 0 radical (unpaired) electrons. The number of aliphatic hydroxyl groups excluding tert-OH is 1. The molecule has 1 N–H and O–H groups in total. The number of hydrogen-bond acceptors (Lipinski definition) is 3. The highest BCUT2D eigenvalue weighted by molar-refractivity contribution is 7.09. The van der Waals surface area contributed by atoms with Crippen LogP contribution in [0.4, 0.5) is 13.2 Å². The summed E-state index contributed by atoms with van der Waals surface area (Å²) >= 11 is 1.38. The van der Waals surface area contributed by atoms with Crippen LogP contribution in [0.15, 0.2) is 29.6 Å². The fraction of sp³-hybridized carbons (Fsp3) is 0.250. The number of alkyl halides is 3. The summed E-state index contributed by atoms with van der Waals surface area (Å²) in [4.78, 5) is 4.10. The third-order valence-electron chi connectivity index (χ3n) is 2.47. The third-order valence-corrected chi connectivity index (χ3v) is 3.26. The van der Waals surface area contributed by atoms with E-state index in [0.717, 1.165) is 17.1 Å². The smallest absolute Gasteiger partial charge is 0.382 e. The Bertz CT molecular complexity index is 533. The van der Waals surface area contributed by atoms with Crippen LogP contribution in [0.2, 0.25) is 0 Å². The van der Waals surface area contributed by atoms with Crippen LogP contribution in [0.5, 0.6) is 0 Å². The minimum absolute atomic E-state index is 0.397. The van der Waals surface area contributed by atoms with Crippen molar-refractivity contribution >= 4 is 11.3 Å². The molecule has 1 aromatic carbocycles. The minimum Gasteiger partial charge on any atom is -0.382 e. The molecule has 1 aromatic heterocycles. The normalized spacial score (nSPS) is 13.6. The Morgan fingerprint density at radius 2 is 1.83 bits per heavy atom. The van der Waals surface area contributed by atoms with Gasteiger partial charge in [-0.1, -0.05) is 12.1 Å². The van der Waals surface area contributed by atoms with Crippen LogP contribution in [0.25, 0.3) is 0 Å². The second-order valence-corrected chi connectivity index (χ2v) is 4.88. The van der Waals surface area contributed by atoms with Gasteiger partial charge in [0.2, 0.25) is 0 Å². The van der Waals surface area contributed by atoms with Gasteiger partial charge in [-0.2, -0.15) is 13.2 Å². The monoisotopic (exact) mass is 273 g/mol. The van der Waals surface area contributed by atoms with Gasteiger partial charge in [0.1, 0.15) is 6.10 Å². The van der Waals surface area contributed by atoms with E-state index in [1.165, 1.54) is 23.5 Å². The lowest BCUT2D eigenvalue weighted by atomic mass is 10.1. The van der Waals surface area contributed by atoms with Gasteiger partial charge in [-0.3, -0.25) is 0 Å². The second-order valence-electron chi connectivity index (χ2n) is 3.81. The van der Waals surface area contributed by atoms with Crippen molar-refractivity contribution in [3.63, 3.8) is 0 Å². The number of thiazole rings is 1. The Labute approximate surface area is 106 Å². The average Bonchev–Trinajstić information content (AvgIpc) is 2.74. The highest BCUT2D eigenvalue weighted by atomic mass is 32.1. The lowest BCUT2D eigenvalue weighted by Gasteiger charge is -2.10. The first-order chi connectivity index (χ1) is 8.38. The SMILES string of the molecule is Cc1nc(C(O)c2ccc(C(F)(F)F)cc2)cs1. The van der Waals surface area contributed by atoms with Gasteiger partial charge < -0.3 is 5.11 Å². The number of benzene rings is 1. The molecule has 0 spiro atoms. The van der Waals surface area contributed by atoms with E-state index in [1.807, 2.05) is 0 Å². The zero-order chi connectivity index (χ0) is 13.3. The van der Waals surface area contributed by atoms with Crippen LogP contribution >= 0.6 is 11.3 Å². The molecule has 2 rings (SSSR count). The van der Waals surface area contributed by atoms with Gasteiger partial charge in [-0.25, -0.2) is 4.98 Å². The maximum Gasteiger partial charge on any atom is 0.416 e. The molecule has 1 heterocycles. The van der Waals surface area contributed by atoms with Crippen LogP contribution in [-0.4, -0.2) is 10.1 Å². The zero-order valence-electron chi connectivity index (χ0n) is 9.40. The summed E-state index contributed by atoms with van der Waals surface area (Å²) in [5, 5.41) is 12.5. The van der Waals surface area contributed by atoms with E-state index in [2.05, 4.69) is 4.98 Å². The van der Waals surface area contributed by atoms with Crippen LogP contribution in [0, 0.1) is 6.92 Å². The molecule has 0 amide bonds. The minimum atomic E-state index is -4.36. The molecule has 0 fully saturated rings. The quantitative estimate of drug-likeness (QED) is 0.907. The molecule has 1 atom stereocenters. The van der Waals surface area contributed by atoms with Gasteiger partial charge in [0, 0.05) is 5.38 Å². The van der Waals surface area contributed by atoms with Crippen LogP contribution in [0.1, 0.15) is 27.9 Å². The first kappa shape index (κ1) is 13.0. The lowest BCUT2D eigenvalue weighted by molar-refractivity contribution is -0.137. The summed E-state index contributed by atoms with van der Waals surface area (Å²) in [6.45, 7) is 1.80. The van der Waals surface area contributed by atoms with Crippen molar-refractivity contribution in [2.24, 2.45) is 0 Å². The van der Waals surface area contributed by atoms with Crippen molar-refractivity contribution in [1.82, 2.24) is 4.98 Å². The molecule has 0 aliphatic heterocycles. The van der Waals surface area contributed by atoms with Crippen molar-refractivity contribution in [2.75, 3.05) is 0 Å². The largest absolute Gasteiger partial charge is 0.416 e. The molecule has 0 saturated heterocycles. The van der Waals surface area contributed by atoms with E-state index in [4.69, 9.17) is 0 Å². The van der Waals surface area contributed by atoms with Crippen LogP contribution < -0.4 is 0 Å². The van der Waals surface area contributed by atoms with Crippen molar-refractivity contribution in [3.8, 4) is 0 Å². The zero-order valence-corrected chi connectivity index (χ0v) is 10.2. The highest BCUT2D eigenvalue weighted by Crippen LogP contribution is 2.31. The molecule has 0 aliphatic carbocycles. The first-order valence-electron chi connectivity index (χ1n) is 5.15. The van der Waals surface area contributed by atoms with Gasteiger partial charge in [-0.15, -0.1) is 11.3 Å². The fourth-order valence-corrected chi connectivity index (χ4v) is 2.16. The number of aliphatic hydroxyl groups is 1. The summed E-state index contributed by atoms with van der Waals surface area (Å²) in [6.07, 6.45) is -5.35. The summed E-state index contributed by atoms with van der Waals surface area (Å²) in [6, 6.07) is 4.44. The number of aryl methyl sites for hydroxylation is 1. The van der Waals surface area contributed by atoms with Gasteiger partial charge in [0.15, 0.2) is 0 Å². The van der Waals surface area contributed by atoms with E-state index < -0.39 is 17.8 Å². The summed E-state index contributed by atoms with van der Waals surface area (Å²) in [7, 11) is 0. The van der Waals surface area contributed by atoms with E-state index >= 15 is 0 Å². The van der Waals surface area contributed by atoms with Crippen molar-refractivity contribution in [2.45, 2.75) is 19.2 Å². The van der Waals surface area contributed by atoms with E-state index in [0.29, 0.717) is 11.3 Å². The number of nitrogens with zero attached hydrogens (tertiary/aromatic N) is 1. The Morgan fingerprint density at radius 1 is 1.22 bits per heavy atom. The van der Waals surface area contributed by atoms with Gasteiger partial charge >= 0.3 is 6.18 Å². The van der Waals surface area contributed by atoms with Crippen molar-refractivity contribution in [3.05, 3.63) is 51.5 Å². The third kappa shape index (κ3) is 2.70. The second kappa shape index (κ2) is 4.70. The summed E-state index contributed by atoms with van der Waals surface area (Å²) in [5.74, 6) is 0. The molecule has 1 unspecified atom stereocenters. The van der Waals surface area contributed by atoms with Gasteiger partial charge in [0.25, 0.3) is 0 Å². The standard InChI is InChI=1S/C12H10F3NOS/c1-7-16-10(6-18-7)11(17)8-2-4-9(5-3-8)12(13,14)15/h2-6,11,17H,1H3. The lowest BCUT2D eigenvalue weighted by Crippen LogP contribution is -2.06. The first-order valence-corrected chi connectivity index (χ1v) is 6.03. The molecule has 0 aliphatic rings. The van der Waals surface area contributed by atoms with Gasteiger partial charge in [-0.05, 0) is 24.6 Å². The molecular formula is C12H10F3NOS. The van der Waals surface area contributed by atoms with Crippen LogP contribution in [0.3, 0.4) is 0 Å². The molecule has 18 heavy (non-hydrogen) atoms. The van der Waals surface area contributed by atoms with E-state index in [9.17, 15) is 18.3 Å². The van der Waals surface area contributed by atoms with E-state index in [1.54, 1.807) is 12.3 Å². The topological polar surface area (TPSA) is 33.1 Å². The van der Waals surface area contributed by atoms with Gasteiger partial charge in [0.05, 0.1) is 16.3 Å². The maximum atomic E-state index is 12.4. The van der Waals surface area contributed by atoms with Crippen molar-refractivity contribution < 1.29 is 18.3 Å². The highest BCUT2D eigenvalue weighted by Gasteiger charge is 2.30. The molecule has 0 bridgehead atoms. The Hall–Kier alpha value is -1.40. The van der Waals surface area contributed by atoms with Crippen molar-refractivity contribution in [1.29, 1.82) is 0 Å². The Morgan fingerprint density at radius 3 is 2.28 bits per heavy atom. The average molecular weight is 273 g/mol. The van der Waals surface area contributed by atoms with Crippen LogP contribution in [-0.2, 0) is 6.18 Å². The molecule has 6 heteroatoms. The molecule has 2 aromatic rings. The number of hydrogen-bond donors (Lipinski definition) is 1. The Kier molecular flexibility index (Phi) is 3.41. The predicted octanol–water partition coefficient (Wildman–Crippen LogP) is 3.55. The number of aromatic nitrogens is 1. The fourth-order valence-electron chi connectivity index (χ4n) is 1.53. The maximum absolute atomic E-state index is 12.4. The predicted molar refractivity (Wildman–Crippen MR) is 62.4 cm³/mol. The number of halogens is 3. The molecule has 2 nitrogen and oxygen atoms in total. The molecule has 96 valence electrons. The molecule has 0 saturated carbocycles. The van der Waals surface area contributed by atoms with E-state index in [-0.39, 0.29) is 0 Å². The molecular weight excluding hydrogens is 263 g/mol.